The molecule has 1 aliphatic rings. The predicted octanol–water partition coefficient (Wildman–Crippen LogP) is 2.05. The molecule has 1 aromatic carbocycles. The molecule has 2 heterocycles. The Kier molecular flexibility index (Phi) is 4.00. The summed E-state index contributed by atoms with van der Waals surface area (Å²) in [6.45, 7) is 5.54. The molecule has 0 saturated carbocycles. The smallest absolute Gasteiger partial charge is 0.255 e. The summed E-state index contributed by atoms with van der Waals surface area (Å²) in [5.74, 6) is 1.00. The number of benzene rings is 1. The zero-order valence-electron chi connectivity index (χ0n) is 12.8. The summed E-state index contributed by atoms with van der Waals surface area (Å²) < 4.78 is 12.6. The molecule has 0 unspecified atom stereocenters. The fraction of sp³-hybridized carbons (Fsp3) is 0.375. The highest BCUT2D eigenvalue weighted by Gasteiger charge is 2.21. The van der Waals surface area contributed by atoms with E-state index in [2.05, 4.69) is 10.4 Å². The number of carbonyl (C=O) groups is 1. The van der Waals surface area contributed by atoms with E-state index in [1.54, 1.807) is 18.2 Å². The number of aromatic nitrogens is 2. The van der Waals surface area contributed by atoms with E-state index in [9.17, 15) is 4.79 Å². The molecule has 6 nitrogen and oxygen atoms in total. The van der Waals surface area contributed by atoms with Gasteiger partial charge in [0.05, 0.1) is 11.3 Å². The Hall–Kier alpha value is -2.50. The van der Waals surface area contributed by atoms with Gasteiger partial charge in [-0.25, -0.2) is 0 Å². The summed E-state index contributed by atoms with van der Waals surface area (Å²) in [5.41, 5.74) is 2.66. The summed E-state index contributed by atoms with van der Waals surface area (Å²) in [6.07, 6.45) is 0.820. The molecule has 1 aromatic heterocycles. The second-order valence-corrected chi connectivity index (χ2v) is 5.30. The molecule has 6 heteroatoms. The third-order valence-electron chi connectivity index (χ3n) is 3.58. The van der Waals surface area contributed by atoms with Crippen LogP contribution in [-0.2, 0) is 6.54 Å². The third kappa shape index (κ3) is 2.90. The minimum atomic E-state index is -0.143. The highest BCUT2D eigenvalue weighted by Crippen LogP contribution is 2.35. The zero-order chi connectivity index (χ0) is 15.5. The Morgan fingerprint density at radius 3 is 3.00 bits per heavy atom. The van der Waals surface area contributed by atoms with Crippen LogP contribution < -0.4 is 14.8 Å². The molecule has 1 N–H and O–H groups in total. The van der Waals surface area contributed by atoms with Gasteiger partial charge in [-0.15, -0.1) is 0 Å². The Bertz CT molecular complexity index is 694. The van der Waals surface area contributed by atoms with Crippen LogP contribution in [0.25, 0.3) is 0 Å². The first-order valence-electron chi connectivity index (χ1n) is 7.33. The van der Waals surface area contributed by atoms with Crippen molar-refractivity contribution in [1.82, 2.24) is 15.1 Å². The van der Waals surface area contributed by atoms with E-state index in [-0.39, 0.29) is 12.7 Å². The topological polar surface area (TPSA) is 65.4 Å². The SMILES string of the molecule is Cc1cc(C)n(CCCNC(=O)c2cccc3c2OCO3)n1. The Morgan fingerprint density at radius 2 is 2.23 bits per heavy atom. The quantitative estimate of drug-likeness (QED) is 0.858. The van der Waals surface area contributed by atoms with Crippen LogP contribution in [0.1, 0.15) is 28.2 Å². The number of rotatable bonds is 5. The zero-order valence-corrected chi connectivity index (χ0v) is 12.8. The first-order valence-corrected chi connectivity index (χ1v) is 7.33. The number of carbonyl (C=O) groups excluding carboxylic acids is 1. The van der Waals surface area contributed by atoms with Crippen molar-refractivity contribution in [3.05, 3.63) is 41.2 Å². The molecule has 0 fully saturated rings. The molecule has 2 aromatic rings. The average molecular weight is 301 g/mol. The van der Waals surface area contributed by atoms with Crippen molar-refractivity contribution in [3.8, 4) is 11.5 Å². The maximum Gasteiger partial charge on any atom is 0.255 e. The second kappa shape index (κ2) is 6.09. The number of fused-ring (bicyclic) bond motifs is 1. The minimum absolute atomic E-state index is 0.143. The fourth-order valence-corrected chi connectivity index (χ4v) is 2.54. The van der Waals surface area contributed by atoms with E-state index >= 15 is 0 Å². The van der Waals surface area contributed by atoms with Crippen molar-refractivity contribution >= 4 is 5.91 Å². The number of nitrogens with one attached hydrogen (secondary N) is 1. The number of hydrogen-bond acceptors (Lipinski definition) is 4. The van der Waals surface area contributed by atoms with E-state index in [0.29, 0.717) is 23.6 Å². The molecule has 1 amide bonds. The van der Waals surface area contributed by atoms with Crippen molar-refractivity contribution in [2.45, 2.75) is 26.8 Å². The van der Waals surface area contributed by atoms with Crippen molar-refractivity contribution in [1.29, 1.82) is 0 Å². The van der Waals surface area contributed by atoms with Crippen LogP contribution in [0.15, 0.2) is 24.3 Å². The maximum absolute atomic E-state index is 12.2. The maximum atomic E-state index is 12.2. The lowest BCUT2D eigenvalue weighted by molar-refractivity contribution is 0.0948. The highest BCUT2D eigenvalue weighted by molar-refractivity contribution is 5.97. The van der Waals surface area contributed by atoms with Crippen molar-refractivity contribution in [2.75, 3.05) is 13.3 Å². The standard InChI is InChI=1S/C16H19N3O3/c1-11-9-12(2)19(18-11)8-4-7-17-16(20)13-5-3-6-14-15(13)22-10-21-14/h3,5-6,9H,4,7-8,10H2,1-2H3,(H,17,20). The molecule has 1 aliphatic heterocycles. The van der Waals surface area contributed by atoms with Crippen molar-refractivity contribution < 1.29 is 14.3 Å². The monoisotopic (exact) mass is 301 g/mol. The summed E-state index contributed by atoms with van der Waals surface area (Å²) in [4.78, 5) is 12.2. The molecular weight excluding hydrogens is 282 g/mol. The van der Waals surface area contributed by atoms with Crippen LogP contribution in [0.5, 0.6) is 11.5 Å². The van der Waals surface area contributed by atoms with Gasteiger partial charge in [0.15, 0.2) is 11.5 Å². The lowest BCUT2D eigenvalue weighted by Gasteiger charge is -2.08. The van der Waals surface area contributed by atoms with Gasteiger partial charge in [0.25, 0.3) is 5.91 Å². The van der Waals surface area contributed by atoms with Crippen LogP contribution in [0.4, 0.5) is 0 Å². The normalized spacial score (nSPS) is 12.5. The van der Waals surface area contributed by atoms with Gasteiger partial charge in [-0.05, 0) is 38.5 Å². The summed E-state index contributed by atoms with van der Waals surface area (Å²) in [7, 11) is 0. The molecule has 3 rings (SSSR count). The van der Waals surface area contributed by atoms with E-state index in [1.807, 2.05) is 24.6 Å². The molecule has 0 aliphatic carbocycles. The van der Waals surface area contributed by atoms with Gasteiger partial charge < -0.3 is 14.8 Å². The van der Waals surface area contributed by atoms with Gasteiger partial charge in [-0.3, -0.25) is 9.48 Å². The van der Waals surface area contributed by atoms with Gasteiger partial charge in [-0.1, -0.05) is 6.07 Å². The van der Waals surface area contributed by atoms with Gasteiger partial charge in [0, 0.05) is 18.8 Å². The van der Waals surface area contributed by atoms with E-state index < -0.39 is 0 Å². The van der Waals surface area contributed by atoms with Crippen LogP contribution in [0.3, 0.4) is 0 Å². The van der Waals surface area contributed by atoms with E-state index in [1.165, 1.54) is 0 Å². The lowest BCUT2D eigenvalue weighted by atomic mass is 10.1. The molecule has 0 bridgehead atoms. The average Bonchev–Trinajstić information content (AvgIpc) is 3.09. The highest BCUT2D eigenvalue weighted by atomic mass is 16.7. The molecule has 0 spiro atoms. The lowest BCUT2D eigenvalue weighted by Crippen LogP contribution is -2.25. The van der Waals surface area contributed by atoms with Crippen molar-refractivity contribution in [3.63, 3.8) is 0 Å². The molecule has 0 saturated heterocycles. The van der Waals surface area contributed by atoms with Gasteiger partial charge >= 0.3 is 0 Å². The number of para-hydroxylation sites is 1. The van der Waals surface area contributed by atoms with E-state index in [0.717, 1.165) is 24.4 Å². The molecule has 116 valence electrons. The number of nitrogens with zero attached hydrogens (tertiary/aromatic N) is 2. The van der Waals surface area contributed by atoms with Crippen LogP contribution in [0.2, 0.25) is 0 Å². The minimum Gasteiger partial charge on any atom is -0.454 e. The van der Waals surface area contributed by atoms with Gasteiger partial charge in [-0.2, -0.15) is 5.10 Å². The summed E-state index contributed by atoms with van der Waals surface area (Å²) >= 11 is 0. The van der Waals surface area contributed by atoms with Crippen LogP contribution in [0, 0.1) is 13.8 Å². The van der Waals surface area contributed by atoms with Crippen LogP contribution in [-0.4, -0.2) is 29.0 Å². The number of amides is 1. The van der Waals surface area contributed by atoms with Crippen molar-refractivity contribution in [2.24, 2.45) is 0 Å². The molecule has 0 atom stereocenters. The Balaban J connectivity index is 1.53. The number of hydrogen-bond donors (Lipinski definition) is 1. The van der Waals surface area contributed by atoms with Gasteiger partial charge in [0.1, 0.15) is 0 Å². The predicted molar refractivity (Wildman–Crippen MR) is 81.2 cm³/mol. The number of ether oxygens (including phenoxy) is 2. The first kappa shape index (κ1) is 14.4. The van der Waals surface area contributed by atoms with Crippen LogP contribution >= 0.6 is 0 Å². The Labute approximate surface area is 129 Å². The van der Waals surface area contributed by atoms with E-state index in [4.69, 9.17) is 9.47 Å². The molecule has 0 radical (unpaired) electrons. The fourth-order valence-electron chi connectivity index (χ4n) is 2.54. The summed E-state index contributed by atoms with van der Waals surface area (Å²) in [5, 5.41) is 7.31. The van der Waals surface area contributed by atoms with Gasteiger partial charge in [0.2, 0.25) is 6.79 Å². The molecular formula is C16H19N3O3. The first-order chi connectivity index (χ1) is 10.6. The largest absolute Gasteiger partial charge is 0.454 e. The molecule has 22 heavy (non-hydrogen) atoms. The third-order valence-corrected chi connectivity index (χ3v) is 3.58. The number of aryl methyl sites for hydroxylation is 3. The Morgan fingerprint density at radius 1 is 1.36 bits per heavy atom. The summed E-state index contributed by atoms with van der Waals surface area (Å²) in [6, 6.07) is 7.37. The second-order valence-electron chi connectivity index (χ2n) is 5.30.